The van der Waals surface area contributed by atoms with E-state index >= 15 is 0 Å². The van der Waals surface area contributed by atoms with Crippen LogP contribution in [-0.4, -0.2) is 40.7 Å². The summed E-state index contributed by atoms with van der Waals surface area (Å²) in [4.78, 5) is 34.3. The molecule has 0 aliphatic carbocycles. The van der Waals surface area contributed by atoms with Crippen LogP contribution in [0.15, 0.2) is 30.3 Å². The van der Waals surface area contributed by atoms with E-state index in [-0.39, 0.29) is 6.61 Å². The van der Waals surface area contributed by atoms with E-state index in [1.807, 2.05) is 5.32 Å². The minimum atomic E-state index is -4.09. The summed E-state index contributed by atoms with van der Waals surface area (Å²) in [6.07, 6.45) is -2.65. The Hall–Kier alpha value is -2.71. The minimum Gasteiger partial charge on any atom is -0.480 e. The van der Waals surface area contributed by atoms with Gasteiger partial charge in [0.25, 0.3) is 0 Å². The molecule has 1 amide bonds. The summed E-state index contributed by atoms with van der Waals surface area (Å²) >= 11 is 0. The summed E-state index contributed by atoms with van der Waals surface area (Å²) in [5.41, 5.74) is -0.532. The van der Waals surface area contributed by atoms with Crippen molar-refractivity contribution < 1.29 is 37.7 Å². The first-order valence-corrected chi connectivity index (χ1v) is 7.72. The van der Waals surface area contributed by atoms with E-state index in [2.05, 4.69) is 4.74 Å². The molecular weight excluding hydrogens is 352 g/mol. The number of carbonyl (C=O) groups excluding carboxylic acids is 2. The monoisotopic (exact) mass is 373 g/mol. The van der Waals surface area contributed by atoms with E-state index in [1.54, 1.807) is 30.3 Å². The molecule has 144 valence electrons. The third-order valence-corrected chi connectivity index (χ3v) is 2.96. The van der Waals surface area contributed by atoms with Crippen molar-refractivity contribution in [3.63, 3.8) is 0 Å². The third-order valence-electron chi connectivity index (χ3n) is 2.96. The maximum Gasteiger partial charge on any atom is 0.408 e. The van der Waals surface area contributed by atoms with Gasteiger partial charge in [-0.2, -0.15) is 8.78 Å². The Morgan fingerprint density at radius 2 is 1.73 bits per heavy atom. The van der Waals surface area contributed by atoms with Crippen molar-refractivity contribution in [2.45, 2.75) is 51.4 Å². The maximum absolute atomic E-state index is 13.9. The average molecular weight is 373 g/mol. The van der Waals surface area contributed by atoms with Crippen LogP contribution >= 0.6 is 0 Å². The van der Waals surface area contributed by atoms with Crippen LogP contribution in [0.4, 0.5) is 13.6 Å². The van der Waals surface area contributed by atoms with Gasteiger partial charge < -0.3 is 19.9 Å². The summed E-state index contributed by atoms with van der Waals surface area (Å²) < 4.78 is 37.2. The number of aliphatic carboxylic acids is 1. The number of carbonyl (C=O) groups is 3. The quantitative estimate of drug-likeness (QED) is 0.713. The van der Waals surface area contributed by atoms with Gasteiger partial charge in [0.1, 0.15) is 18.2 Å². The fourth-order valence-corrected chi connectivity index (χ4v) is 1.80. The lowest BCUT2D eigenvalue weighted by Crippen LogP contribution is -2.48. The van der Waals surface area contributed by atoms with Gasteiger partial charge in [0, 0.05) is 0 Å². The molecule has 0 unspecified atom stereocenters. The fourth-order valence-electron chi connectivity index (χ4n) is 1.80. The van der Waals surface area contributed by atoms with Crippen molar-refractivity contribution in [1.29, 1.82) is 0 Å². The summed E-state index contributed by atoms with van der Waals surface area (Å²) in [5, 5.41) is 10.8. The highest BCUT2D eigenvalue weighted by molar-refractivity contribution is 5.83. The van der Waals surface area contributed by atoms with E-state index in [4.69, 9.17) is 9.84 Å². The Kier molecular flexibility index (Phi) is 7.05. The van der Waals surface area contributed by atoms with Gasteiger partial charge >= 0.3 is 24.0 Å². The first kappa shape index (κ1) is 21.3. The SMILES string of the molecule is CC(C)(C)OC(=O)C(F)(F)C[C@H](NC(=O)OCc1ccccc1)C(=O)O. The van der Waals surface area contributed by atoms with E-state index in [1.165, 1.54) is 20.8 Å². The van der Waals surface area contributed by atoms with E-state index in [0.717, 1.165) is 0 Å². The Balaban J connectivity index is 2.66. The number of rotatable bonds is 7. The second kappa shape index (κ2) is 8.59. The summed E-state index contributed by atoms with van der Waals surface area (Å²) in [6.45, 7) is 4.03. The Bertz CT molecular complexity index is 642. The van der Waals surface area contributed by atoms with Crippen molar-refractivity contribution in [1.82, 2.24) is 5.32 Å². The molecule has 0 aromatic heterocycles. The van der Waals surface area contributed by atoms with Crippen LogP contribution in [0.1, 0.15) is 32.8 Å². The molecule has 2 N–H and O–H groups in total. The number of esters is 1. The number of carboxylic acid groups (broad SMARTS) is 1. The predicted molar refractivity (Wildman–Crippen MR) is 86.6 cm³/mol. The standard InChI is InChI=1S/C17H21F2NO6/c1-16(2,3)26-14(23)17(18,19)9-12(13(21)22)20-15(24)25-10-11-7-5-4-6-8-11/h4-8,12H,9-10H2,1-3H3,(H,20,24)(H,21,22)/t12-/m0/s1. The number of alkyl halides is 2. The number of benzene rings is 1. The third kappa shape index (κ3) is 7.45. The van der Waals surface area contributed by atoms with Crippen LogP contribution in [0.5, 0.6) is 0 Å². The van der Waals surface area contributed by atoms with Gasteiger partial charge in [0.05, 0.1) is 6.42 Å². The first-order chi connectivity index (χ1) is 11.9. The van der Waals surface area contributed by atoms with Crippen molar-refractivity contribution >= 4 is 18.0 Å². The van der Waals surface area contributed by atoms with Crippen molar-refractivity contribution in [3.8, 4) is 0 Å². The van der Waals surface area contributed by atoms with Crippen LogP contribution in [0.25, 0.3) is 0 Å². The molecule has 9 heteroatoms. The average Bonchev–Trinajstić information content (AvgIpc) is 2.51. The number of hydrogen-bond donors (Lipinski definition) is 2. The number of nitrogens with one attached hydrogen (secondary N) is 1. The van der Waals surface area contributed by atoms with Crippen LogP contribution in [-0.2, 0) is 25.7 Å². The minimum absolute atomic E-state index is 0.165. The second-order valence-electron chi connectivity index (χ2n) is 6.51. The zero-order valence-electron chi connectivity index (χ0n) is 14.6. The number of ether oxygens (including phenoxy) is 2. The highest BCUT2D eigenvalue weighted by atomic mass is 19.3. The first-order valence-electron chi connectivity index (χ1n) is 7.72. The smallest absolute Gasteiger partial charge is 0.408 e. The van der Waals surface area contributed by atoms with Gasteiger partial charge in [-0.15, -0.1) is 0 Å². The van der Waals surface area contributed by atoms with Crippen LogP contribution in [0.3, 0.4) is 0 Å². The normalized spacial score (nSPS) is 12.8. The molecule has 0 fully saturated rings. The Morgan fingerprint density at radius 1 is 1.15 bits per heavy atom. The molecule has 0 saturated carbocycles. The summed E-state index contributed by atoms with van der Waals surface area (Å²) in [5.74, 6) is -7.69. The molecule has 1 aromatic carbocycles. The molecule has 0 saturated heterocycles. The van der Waals surface area contributed by atoms with Gasteiger partial charge in [-0.25, -0.2) is 14.4 Å². The molecule has 1 rings (SSSR count). The highest BCUT2D eigenvalue weighted by Crippen LogP contribution is 2.25. The Labute approximate surface area is 149 Å². The number of carboxylic acids is 1. The number of halogens is 2. The largest absolute Gasteiger partial charge is 0.480 e. The van der Waals surface area contributed by atoms with Crippen molar-refractivity contribution in [2.24, 2.45) is 0 Å². The van der Waals surface area contributed by atoms with E-state index in [9.17, 15) is 23.2 Å². The summed E-state index contributed by atoms with van der Waals surface area (Å²) in [6, 6.07) is 6.47. The topological polar surface area (TPSA) is 102 Å². The van der Waals surface area contributed by atoms with E-state index in [0.29, 0.717) is 5.56 Å². The lowest BCUT2D eigenvalue weighted by atomic mass is 10.1. The zero-order valence-corrected chi connectivity index (χ0v) is 14.6. The molecule has 7 nitrogen and oxygen atoms in total. The van der Waals surface area contributed by atoms with Gasteiger partial charge in [-0.1, -0.05) is 30.3 Å². The molecule has 0 bridgehead atoms. The van der Waals surface area contributed by atoms with Crippen molar-refractivity contribution in [3.05, 3.63) is 35.9 Å². The molecule has 0 aliphatic rings. The molecule has 26 heavy (non-hydrogen) atoms. The fraction of sp³-hybridized carbons (Fsp3) is 0.471. The zero-order chi connectivity index (χ0) is 20.0. The van der Waals surface area contributed by atoms with Gasteiger partial charge in [-0.05, 0) is 26.3 Å². The molecular formula is C17H21F2NO6. The highest BCUT2D eigenvalue weighted by Gasteiger charge is 2.46. The molecule has 0 spiro atoms. The van der Waals surface area contributed by atoms with Gasteiger partial charge in [-0.3, -0.25) is 0 Å². The lowest BCUT2D eigenvalue weighted by Gasteiger charge is -2.25. The Morgan fingerprint density at radius 3 is 2.23 bits per heavy atom. The van der Waals surface area contributed by atoms with Crippen LogP contribution in [0, 0.1) is 0 Å². The molecule has 0 heterocycles. The number of hydrogen-bond acceptors (Lipinski definition) is 5. The second-order valence-corrected chi connectivity index (χ2v) is 6.51. The van der Waals surface area contributed by atoms with Crippen LogP contribution < -0.4 is 5.32 Å². The van der Waals surface area contributed by atoms with Gasteiger partial charge in [0.2, 0.25) is 0 Å². The number of alkyl carbamates (subject to hydrolysis) is 1. The van der Waals surface area contributed by atoms with Crippen LogP contribution in [0.2, 0.25) is 0 Å². The molecule has 1 aromatic rings. The number of amides is 1. The van der Waals surface area contributed by atoms with Crippen molar-refractivity contribution in [2.75, 3.05) is 0 Å². The van der Waals surface area contributed by atoms with Gasteiger partial charge in [0.15, 0.2) is 0 Å². The molecule has 0 radical (unpaired) electrons. The summed E-state index contributed by atoms with van der Waals surface area (Å²) in [7, 11) is 0. The predicted octanol–water partition coefficient (Wildman–Crippen LogP) is 2.73. The molecule has 0 aliphatic heterocycles. The lowest BCUT2D eigenvalue weighted by molar-refractivity contribution is -0.185. The maximum atomic E-state index is 13.9. The molecule has 1 atom stereocenters. The van der Waals surface area contributed by atoms with E-state index < -0.39 is 42.0 Å².